The van der Waals surface area contributed by atoms with Crippen LogP contribution < -0.4 is 14.8 Å². The van der Waals surface area contributed by atoms with Crippen LogP contribution in [0, 0.1) is 17.0 Å². The molecular formula is C21H19F3N4O5. The fraction of sp³-hybridized carbons (Fsp3) is 0.238. The van der Waals surface area contributed by atoms with Crippen LogP contribution in [-0.2, 0) is 17.5 Å². The topological polar surface area (TPSA) is 109 Å². The highest BCUT2D eigenvalue weighted by atomic mass is 19.4. The average Bonchev–Trinajstić information content (AvgIpc) is 3.13. The van der Waals surface area contributed by atoms with Crippen LogP contribution in [0.2, 0.25) is 0 Å². The average molecular weight is 464 g/mol. The summed E-state index contributed by atoms with van der Waals surface area (Å²) in [5.74, 6) is 0.235. The SMILES string of the molecule is COc1ccccc1Oc1cc(NC(=O)CCn2nc(C(F)(F)F)cc2C)cc([N+](=O)[O-])c1. The van der Waals surface area contributed by atoms with Crippen molar-refractivity contribution >= 4 is 17.3 Å². The van der Waals surface area contributed by atoms with Gasteiger partial charge in [0.05, 0.1) is 23.8 Å². The van der Waals surface area contributed by atoms with Gasteiger partial charge in [-0.1, -0.05) is 12.1 Å². The highest BCUT2D eigenvalue weighted by molar-refractivity contribution is 5.91. The molecule has 33 heavy (non-hydrogen) atoms. The summed E-state index contributed by atoms with van der Waals surface area (Å²) in [5.41, 5.74) is -1.03. The summed E-state index contributed by atoms with van der Waals surface area (Å²) >= 11 is 0. The minimum absolute atomic E-state index is 0.0849. The third kappa shape index (κ3) is 5.99. The molecule has 1 aromatic heterocycles. The number of ether oxygens (including phenoxy) is 2. The van der Waals surface area contributed by atoms with E-state index in [0.29, 0.717) is 11.5 Å². The third-order valence-corrected chi connectivity index (χ3v) is 4.51. The first kappa shape index (κ1) is 23.6. The maximum atomic E-state index is 12.8. The lowest BCUT2D eigenvalue weighted by atomic mass is 10.2. The van der Waals surface area contributed by atoms with Crippen LogP contribution in [-0.4, -0.2) is 27.7 Å². The van der Waals surface area contributed by atoms with Gasteiger partial charge in [0.25, 0.3) is 5.69 Å². The van der Waals surface area contributed by atoms with Crippen molar-refractivity contribution in [2.75, 3.05) is 12.4 Å². The molecule has 0 aliphatic heterocycles. The number of anilines is 1. The monoisotopic (exact) mass is 464 g/mol. The summed E-state index contributed by atoms with van der Waals surface area (Å²) in [6.45, 7) is 1.34. The van der Waals surface area contributed by atoms with E-state index in [0.717, 1.165) is 16.8 Å². The van der Waals surface area contributed by atoms with Gasteiger partial charge in [-0.2, -0.15) is 18.3 Å². The summed E-state index contributed by atoms with van der Waals surface area (Å²) < 4.78 is 50.3. The zero-order valence-electron chi connectivity index (χ0n) is 17.5. The molecule has 2 aromatic carbocycles. The number of aryl methyl sites for hydroxylation is 2. The molecule has 3 rings (SSSR count). The summed E-state index contributed by atoms with van der Waals surface area (Å²) in [5, 5.41) is 17.3. The molecule has 12 heteroatoms. The van der Waals surface area contributed by atoms with Crippen LogP contribution in [0.3, 0.4) is 0 Å². The molecule has 0 aliphatic carbocycles. The van der Waals surface area contributed by atoms with Crippen molar-refractivity contribution in [2.45, 2.75) is 26.1 Å². The van der Waals surface area contributed by atoms with Gasteiger partial charge in [0.2, 0.25) is 5.91 Å². The van der Waals surface area contributed by atoms with Crippen LogP contribution >= 0.6 is 0 Å². The van der Waals surface area contributed by atoms with E-state index in [9.17, 15) is 28.1 Å². The Morgan fingerprint density at radius 3 is 2.48 bits per heavy atom. The second kappa shape index (κ2) is 9.59. The summed E-state index contributed by atoms with van der Waals surface area (Å²) in [7, 11) is 1.44. The van der Waals surface area contributed by atoms with Crippen molar-refractivity contribution in [2.24, 2.45) is 0 Å². The molecule has 0 saturated carbocycles. The molecule has 0 unspecified atom stereocenters. The van der Waals surface area contributed by atoms with E-state index >= 15 is 0 Å². The number of amides is 1. The number of carbonyl (C=O) groups excluding carboxylic acids is 1. The summed E-state index contributed by atoms with van der Waals surface area (Å²) in [6, 6.07) is 11.3. The molecule has 1 N–H and O–H groups in total. The Hall–Kier alpha value is -4.09. The van der Waals surface area contributed by atoms with E-state index in [1.165, 1.54) is 26.2 Å². The van der Waals surface area contributed by atoms with E-state index in [-0.39, 0.29) is 35.8 Å². The molecule has 1 heterocycles. The predicted octanol–water partition coefficient (Wildman–Crippen LogP) is 4.95. The number of halogens is 3. The Bertz CT molecular complexity index is 1180. The number of para-hydroxylation sites is 2. The minimum Gasteiger partial charge on any atom is -0.493 e. The first-order chi connectivity index (χ1) is 15.6. The normalized spacial score (nSPS) is 11.2. The van der Waals surface area contributed by atoms with Gasteiger partial charge in [-0.05, 0) is 25.1 Å². The van der Waals surface area contributed by atoms with E-state index in [1.54, 1.807) is 24.3 Å². The summed E-state index contributed by atoms with van der Waals surface area (Å²) in [4.78, 5) is 23.0. The van der Waals surface area contributed by atoms with Gasteiger partial charge < -0.3 is 14.8 Å². The van der Waals surface area contributed by atoms with Gasteiger partial charge in [-0.3, -0.25) is 19.6 Å². The Morgan fingerprint density at radius 1 is 1.18 bits per heavy atom. The quantitative estimate of drug-likeness (QED) is 0.373. The second-order valence-corrected chi connectivity index (χ2v) is 6.92. The highest BCUT2D eigenvalue weighted by Gasteiger charge is 2.34. The summed E-state index contributed by atoms with van der Waals surface area (Å²) in [6.07, 6.45) is -4.79. The van der Waals surface area contributed by atoms with Crippen molar-refractivity contribution in [1.82, 2.24) is 9.78 Å². The highest BCUT2D eigenvalue weighted by Crippen LogP contribution is 2.34. The van der Waals surface area contributed by atoms with E-state index in [2.05, 4.69) is 10.4 Å². The Labute approximate surface area is 185 Å². The number of nitrogens with one attached hydrogen (secondary N) is 1. The zero-order valence-corrected chi connectivity index (χ0v) is 17.5. The standard InChI is InChI=1S/C21H19F3N4O5/c1-13-9-19(21(22,23)24)26-27(13)8-7-20(29)25-14-10-15(28(30)31)12-16(11-14)33-18-6-4-3-5-17(18)32-2/h3-6,9-12H,7-8H2,1-2H3,(H,25,29). The molecule has 0 spiro atoms. The minimum atomic E-state index is -4.58. The number of benzene rings is 2. The van der Waals surface area contributed by atoms with E-state index < -0.39 is 22.7 Å². The number of nitro groups is 1. The van der Waals surface area contributed by atoms with Crippen molar-refractivity contribution in [3.05, 3.63) is 70.0 Å². The van der Waals surface area contributed by atoms with Crippen molar-refractivity contribution in [3.63, 3.8) is 0 Å². The number of carbonyl (C=O) groups is 1. The van der Waals surface area contributed by atoms with E-state index in [1.807, 2.05) is 0 Å². The first-order valence-electron chi connectivity index (χ1n) is 9.58. The van der Waals surface area contributed by atoms with E-state index in [4.69, 9.17) is 9.47 Å². The molecule has 0 atom stereocenters. The van der Waals surface area contributed by atoms with Crippen molar-refractivity contribution in [1.29, 1.82) is 0 Å². The van der Waals surface area contributed by atoms with Gasteiger partial charge in [0.15, 0.2) is 17.2 Å². The van der Waals surface area contributed by atoms with Gasteiger partial charge in [0.1, 0.15) is 5.75 Å². The molecule has 174 valence electrons. The Morgan fingerprint density at radius 2 is 1.88 bits per heavy atom. The predicted molar refractivity (Wildman–Crippen MR) is 111 cm³/mol. The zero-order chi connectivity index (χ0) is 24.2. The lowest BCUT2D eigenvalue weighted by molar-refractivity contribution is -0.384. The first-order valence-corrected chi connectivity index (χ1v) is 9.58. The molecule has 3 aromatic rings. The fourth-order valence-corrected chi connectivity index (χ4v) is 2.96. The number of nitro benzene ring substituents is 1. The Balaban J connectivity index is 1.74. The molecule has 1 amide bonds. The fourth-order valence-electron chi connectivity index (χ4n) is 2.96. The number of alkyl halides is 3. The van der Waals surface area contributed by atoms with Gasteiger partial charge in [-0.15, -0.1) is 0 Å². The number of aromatic nitrogens is 2. The number of hydrogen-bond acceptors (Lipinski definition) is 6. The van der Waals surface area contributed by atoms with Crippen LogP contribution in [0.5, 0.6) is 17.2 Å². The second-order valence-electron chi connectivity index (χ2n) is 6.92. The maximum Gasteiger partial charge on any atom is 0.435 e. The number of hydrogen-bond donors (Lipinski definition) is 1. The van der Waals surface area contributed by atoms with Crippen LogP contribution in [0.25, 0.3) is 0 Å². The van der Waals surface area contributed by atoms with Crippen LogP contribution in [0.4, 0.5) is 24.5 Å². The third-order valence-electron chi connectivity index (χ3n) is 4.51. The van der Waals surface area contributed by atoms with Crippen molar-refractivity contribution in [3.8, 4) is 17.2 Å². The van der Waals surface area contributed by atoms with Crippen molar-refractivity contribution < 1.29 is 32.4 Å². The molecule has 0 radical (unpaired) electrons. The molecule has 0 aliphatic rings. The Kier molecular flexibility index (Phi) is 6.85. The number of rotatable bonds is 8. The maximum absolute atomic E-state index is 12.8. The lowest BCUT2D eigenvalue weighted by Gasteiger charge is -2.12. The molecular weight excluding hydrogens is 445 g/mol. The number of nitrogens with zero attached hydrogens (tertiary/aromatic N) is 3. The number of non-ortho nitro benzene ring substituents is 1. The van der Waals surface area contributed by atoms with Gasteiger partial charge in [-0.25, -0.2) is 0 Å². The largest absolute Gasteiger partial charge is 0.493 e. The lowest BCUT2D eigenvalue weighted by Crippen LogP contribution is -2.16. The smallest absolute Gasteiger partial charge is 0.435 e. The molecule has 0 fully saturated rings. The van der Waals surface area contributed by atoms with Gasteiger partial charge in [0, 0.05) is 30.8 Å². The molecule has 9 nitrogen and oxygen atoms in total. The van der Waals surface area contributed by atoms with Crippen LogP contribution in [0.1, 0.15) is 17.8 Å². The van der Waals surface area contributed by atoms with Crippen LogP contribution in [0.15, 0.2) is 48.5 Å². The number of methoxy groups -OCH3 is 1. The molecule has 0 saturated heterocycles. The molecule has 0 bridgehead atoms. The van der Waals surface area contributed by atoms with Gasteiger partial charge >= 0.3 is 6.18 Å².